The standard InChI is InChI=1S/C18H17Cl2N5O2/c1-11(16(20)17(26)24-21-2)25-8-7-12-14(9-25)22-10-23-18(12)27-15-6-4-3-5-13(15)19/h3-6,10H,2,7-9H2,1H3,(H,24,26)/b16-11-. The van der Waals surface area contributed by atoms with E-state index in [1.807, 2.05) is 17.0 Å². The van der Waals surface area contributed by atoms with Crippen molar-refractivity contribution < 1.29 is 9.53 Å². The maximum Gasteiger partial charge on any atom is 0.284 e. The smallest absolute Gasteiger partial charge is 0.284 e. The summed E-state index contributed by atoms with van der Waals surface area (Å²) in [6.07, 6.45) is 2.09. The first-order valence-electron chi connectivity index (χ1n) is 8.13. The van der Waals surface area contributed by atoms with Gasteiger partial charge in [-0.2, -0.15) is 5.10 Å². The molecule has 0 unspecified atom stereocenters. The van der Waals surface area contributed by atoms with Gasteiger partial charge in [0.25, 0.3) is 5.91 Å². The Morgan fingerprint density at radius 3 is 2.89 bits per heavy atom. The van der Waals surface area contributed by atoms with Gasteiger partial charge in [0.1, 0.15) is 17.1 Å². The molecule has 0 atom stereocenters. The van der Waals surface area contributed by atoms with E-state index in [1.165, 1.54) is 6.33 Å². The lowest BCUT2D eigenvalue weighted by atomic mass is 10.1. The van der Waals surface area contributed by atoms with E-state index >= 15 is 0 Å². The Morgan fingerprint density at radius 1 is 1.37 bits per heavy atom. The first-order valence-corrected chi connectivity index (χ1v) is 8.89. The van der Waals surface area contributed by atoms with Crippen molar-refractivity contribution in [3.63, 3.8) is 0 Å². The zero-order chi connectivity index (χ0) is 19.4. The maximum absolute atomic E-state index is 11.8. The van der Waals surface area contributed by atoms with Crippen LogP contribution in [0.1, 0.15) is 18.2 Å². The molecule has 3 rings (SSSR count). The van der Waals surface area contributed by atoms with E-state index in [0.717, 1.165) is 11.3 Å². The Bertz CT molecular complexity index is 916. The van der Waals surface area contributed by atoms with E-state index in [4.69, 9.17) is 27.9 Å². The van der Waals surface area contributed by atoms with Gasteiger partial charge in [-0.1, -0.05) is 35.3 Å². The number of halogens is 2. The number of nitrogens with zero attached hydrogens (tertiary/aromatic N) is 4. The number of hydrogen-bond acceptors (Lipinski definition) is 6. The Balaban J connectivity index is 1.83. The number of carbonyl (C=O) groups excluding carboxylic acids is 1. The molecule has 1 aliphatic heterocycles. The highest BCUT2D eigenvalue weighted by Crippen LogP contribution is 2.33. The van der Waals surface area contributed by atoms with Crippen molar-refractivity contribution in [2.24, 2.45) is 5.10 Å². The first-order chi connectivity index (χ1) is 13.0. The largest absolute Gasteiger partial charge is 0.437 e. The van der Waals surface area contributed by atoms with Crippen molar-refractivity contribution in [1.82, 2.24) is 20.3 Å². The number of hydrazone groups is 1. The molecule has 0 saturated carbocycles. The van der Waals surface area contributed by atoms with Crippen molar-refractivity contribution in [2.45, 2.75) is 19.9 Å². The number of para-hydroxylation sites is 1. The summed E-state index contributed by atoms with van der Waals surface area (Å²) in [7, 11) is 0. The SMILES string of the molecule is C=NNC(=O)/C(Cl)=C(\C)N1CCc2c(ncnc2Oc2ccccc2Cl)C1. The van der Waals surface area contributed by atoms with Crippen molar-refractivity contribution in [1.29, 1.82) is 0 Å². The summed E-state index contributed by atoms with van der Waals surface area (Å²) in [6.45, 7) is 6.11. The molecular weight excluding hydrogens is 389 g/mol. The molecule has 0 fully saturated rings. The number of carbonyl (C=O) groups is 1. The van der Waals surface area contributed by atoms with E-state index in [9.17, 15) is 4.79 Å². The fraction of sp³-hybridized carbons (Fsp3) is 0.222. The highest BCUT2D eigenvalue weighted by Gasteiger charge is 2.24. The lowest BCUT2D eigenvalue weighted by Gasteiger charge is -2.31. The first kappa shape index (κ1) is 19.1. The number of benzene rings is 1. The average molecular weight is 406 g/mol. The van der Waals surface area contributed by atoms with E-state index in [0.29, 0.717) is 41.9 Å². The van der Waals surface area contributed by atoms with Crippen LogP contribution in [0.2, 0.25) is 5.02 Å². The van der Waals surface area contributed by atoms with Gasteiger partial charge in [0.2, 0.25) is 5.88 Å². The van der Waals surface area contributed by atoms with Crippen LogP contribution in [0.15, 0.2) is 46.4 Å². The molecule has 2 heterocycles. The molecule has 0 bridgehead atoms. The third-order valence-electron chi connectivity index (χ3n) is 4.18. The highest BCUT2D eigenvalue weighted by atomic mass is 35.5. The molecule has 0 aliphatic carbocycles. The third-order valence-corrected chi connectivity index (χ3v) is 4.94. The molecule has 1 N–H and O–H groups in total. The van der Waals surface area contributed by atoms with Gasteiger partial charge in [-0.15, -0.1) is 0 Å². The van der Waals surface area contributed by atoms with Gasteiger partial charge in [-0.3, -0.25) is 4.79 Å². The van der Waals surface area contributed by atoms with Gasteiger partial charge in [-0.05, 0) is 25.5 Å². The average Bonchev–Trinajstić information content (AvgIpc) is 2.68. The molecule has 7 nitrogen and oxygen atoms in total. The van der Waals surface area contributed by atoms with Gasteiger partial charge in [0, 0.05) is 24.5 Å². The second-order valence-electron chi connectivity index (χ2n) is 5.81. The number of nitrogens with one attached hydrogen (secondary N) is 1. The molecule has 1 aromatic carbocycles. The molecule has 1 aliphatic rings. The Labute approximate surface area is 166 Å². The van der Waals surface area contributed by atoms with Gasteiger partial charge < -0.3 is 9.64 Å². The lowest BCUT2D eigenvalue weighted by molar-refractivity contribution is -0.117. The zero-order valence-electron chi connectivity index (χ0n) is 14.6. The monoisotopic (exact) mass is 405 g/mol. The predicted molar refractivity (Wildman–Crippen MR) is 104 cm³/mol. The second-order valence-corrected chi connectivity index (χ2v) is 6.59. The summed E-state index contributed by atoms with van der Waals surface area (Å²) in [5.41, 5.74) is 4.58. The minimum absolute atomic E-state index is 0.0625. The van der Waals surface area contributed by atoms with Gasteiger partial charge in [-0.25, -0.2) is 15.4 Å². The molecular formula is C18H17Cl2N5O2. The number of fused-ring (bicyclic) bond motifs is 1. The number of ether oxygens (including phenoxy) is 1. The highest BCUT2D eigenvalue weighted by molar-refractivity contribution is 6.42. The molecule has 1 amide bonds. The van der Waals surface area contributed by atoms with Crippen LogP contribution in [0.25, 0.3) is 0 Å². The van der Waals surface area contributed by atoms with E-state index in [1.54, 1.807) is 19.1 Å². The molecule has 0 saturated heterocycles. The van der Waals surface area contributed by atoms with Crippen molar-refractivity contribution >= 4 is 35.8 Å². The molecule has 0 radical (unpaired) electrons. The summed E-state index contributed by atoms with van der Waals surface area (Å²) in [5, 5.41) is 3.92. The maximum atomic E-state index is 11.8. The van der Waals surface area contributed by atoms with Crippen molar-refractivity contribution in [2.75, 3.05) is 6.54 Å². The number of aromatic nitrogens is 2. The van der Waals surface area contributed by atoms with Crippen LogP contribution in [-0.2, 0) is 17.8 Å². The van der Waals surface area contributed by atoms with Crippen LogP contribution in [0.3, 0.4) is 0 Å². The molecule has 1 aromatic heterocycles. The number of allylic oxidation sites excluding steroid dienone is 1. The van der Waals surface area contributed by atoms with Crippen LogP contribution < -0.4 is 10.2 Å². The Morgan fingerprint density at radius 2 is 2.15 bits per heavy atom. The third kappa shape index (κ3) is 4.20. The minimum atomic E-state index is -0.500. The fourth-order valence-corrected chi connectivity index (χ4v) is 3.09. The number of amides is 1. The van der Waals surface area contributed by atoms with E-state index in [2.05, 4.69) is 27.2 Å². The number of hydrogen-bond donors (Lipinski definition) is 1. The summed E-state index contributed by atoms with van der Waals surface area (Å²) >= 11 is 12.3. The van der Waals surface area contributed by atoms with Gasteiger partial charge >= 0.3 is 0 Å². The van der Waals surface area contributed by atoms with Crippen LogP contribution in [-0.4, -0.2) is 34.0 Å². The fourth-order valence-electron chi connectivity index (χ4n) is 2.75. The normalized spacial score (nSPS) is 14.1. The molecule has 9 heteroatoms. The molecule has 140 valence electrons. The van der Waals surface area contributed by atoms with Gasteiger partial charge in [0.05, 0.1) is 17.3 Å². The lowest BCUT2D eigenvalue weighted by Crippen LogP contribution is -2.32. The second kappa shape index (κ2) is 8.37. The summed E-state index contributed by atoms with van der Waals surface area (Å²) in [4.78, 5) is 22.4. The molecule has 2 aromatic rings. The summed E-state index contributed by atoms with van der Waals surface area (Å²) < 4.78 is 5.90. The Kier molecular flexibility index (Phi) is 5.93. The molecule has 27 heavy (non-hydrogen) atoms. The minimum Gasteiger partial charge on any atom is -0.437 e. The van der Waals surface area contributed by atoms with Crippen molar-refractivity contribution in [3.05, 3.63) is 57.6 Å². The van der Waals surface area contributed by atoms with Crippen molar-refractivity contribution in [3.8, 4) is 11.6 Å². The van der Waals surface area contributed by atoms with E-state index < -0.39 is 5.91 Å². The topological polar surface area (TPSA) is 79.7 Å². The van der Waals surface area contributed by atoms with Gasteiger partial charge in [0.15, 0.2) is 0 Å². The van der Waals surface area contributed by atoms with E-state index in [-0.39, 0.29) is 5.03 Å². The zero-order valence-corrected chi connectivity index (χ0v) is 16.1. The molecule has 0 spiro atoms. The quantitative estimate of drug-likeness (QED) is 0.467. The van der Waals surface area contributed by atoms with Crippen LogP contribution >= 0.6 is 23.2 Å². The predicted octanol–water partition coefficient (Wildman–Crippen LogP) is 3.48. The Hall–Kier alpha value is -2.64. The van der Waals surface area contributed by atoms with Crippen LogP contribution in [0.4, 0.5) is 0 Å². The number of rotatable bonds is 5. The van der Waals surface area contributed by atoms with Crippen LogP contribution in [0.5, 0.6) is 11.6 Å². The van der Waals surface area contributed by atoms with Crippen LogP contribution in [0, 0.1) is 0 Å². The summed E-state index contributed by atoms with van der Waals surface area (Å²) in [5.74, 6) is 0.518. The summed E-state index contributed by atoms with van der Waals surface area (Å²) in [6, 6.07) is 7.21.